The molecular weight excluding hydrogens is 984 g/mol. The number of amides is 3. The topological polar surface area (TPSA) is 181 Å². The molecule has 7 heterocycles. The van der Waals surface area contributed by atoms with Crippen LogP contribution in [0.2, 0.25) is 0 Å². The second-order valence-electron chi connectivity index (χ2n) is 20.5. The molecule has 372 valence electrons. The molecule has 1 atom stereocenters. The van der Waals surface area contributed by atoms with Crippen molar-refractivity contribution in [3.05, 3.63) is 82.2 Å². The Hall–Kier alpha value is -5.68. The minimum absolute atomic E-state index is 0.126. The van der Waals surface area contributed by atoms with Gasteiger partial charge in [-0.2, -0.15) is 4.98 Å². The third kappa shape index (κ3) is 9.97. The van der Waals surface area contributed by atoms with E-state index in [-0.39, 0.29) is 24.1 Å². The lowest BCUT2D eigenvalue weighted by Crippen LogP contribution is -2.52. The van der Waals surface area contributed by atoms with Crippen molar-refractivity contribution in [3.8, 4) is 5.75 Å². The van der Waals surface area contributed by atoms with E-state index in [2.05, 4.69) is 84.6 Å². The Morgan fingerprint density at radius 3 is 2.32 bits per heavy atom. The van der Waals surface area contributed by atoms with E-state index >= 15 is 0 Å². The molecule has 1 aliphatic carbocycles. The number of nitrogens with one attached hydrogen (secondary N) is 3. The largest absolute Gasteiger partial charge is 0.494 e. The van der Waals surface area contributed by atoms with Crippen LogP contribution in [-0.4, -0.2) is 144 Å². The maximum Gasteiger partial charge on any atom is 0.255 e. The summed E-state index contributed by atoms with van der Waals surface area (Å²) in [5.74, 6) is 2.12. The summed E-state index contributed by atoms with van der Waals surface area (Å²) in [4.78, 5) is 67.9. The highest BCUT2D eigenvalue weighted by molar-refractivity contribution is 9.10. The summed E-state index contributed by atoms with van der Waals surface area (Å²) in [5.41, 5.74) is 8.12. The van der Waals surface area contributed by atoms with Crippen molar-refractivity contribution < 1.29 is 23.7 Å². The Labute approximate surface area is 423 Å². The number of rotatable bonds is 13. The highest BCUT2D eigenvalue weighted by Crippen LogP contribution is 2.49. The maximum atomic E-state index is 13.6. The number of anilines is 6. The lowest BCUT2D eigenvalue weighted by atomic mass is 9.92. The number of ether oxygens (including phenoxy) is 1. The number of likely N-dealkylation sites (tertiary alicyclic amines) is 1. The maximum absolute atomic E-state index is 13.6. The average molecular weight is 1050 g/mol. The lowest BCUT2D eigenvalue weighted by Gasteiger charge is -2.44. The van der Waals surface area contributed by atoms with E-state index in [1.807, 2.05) is 24.3 Å². The van der Waals surface area contributed by atoms with Gasteiger partial charge >= 0.3 is 0 Å². The van der Waals surface area contributed by atoms with Crippen molar-refractivity contribution in [2.45, 2.75) is 75.9 Å². The second kappa shape index (κ2) is 19.7. The second-order valence-corrected chi connectivity index (χ2v) is 24.5. The normalized spacial score (nSPS) is 20.9. The number of hydrogen-bond acceptors (Lipinski definition) is 15. The number of carbonyl (C=O) groups excluding carboxylic acids is 3. The van der Waals surface area contributed by atoms with E-state index in [4.69, 9.17) is 9.72 Å². The van der Waals surface area contributed by atoms with Gasteiger partial charge in [-0.15, -0.1) is 0 Å². The molecule has 0 radical (unpaired) electrons. The van der Waals surface area contributed by atoms with Crippen LogP contribution in [0, 0.1) is 5.92 Å². The molecule has 1 unspecified atom stereocenters. The number of fused-ring (bicyclic) bond motifs is 2. The molecular formula is C52H62BrN12O5P. The van der Waals surface area contributed by atoms with Crippen molar-refractivity contribution in [1.29, 1.82) is 0 Å². The van der Waals surface area contributed by atoms with Crippen LogP contribution < -0.4 is 35.8 Å². The first-order valence-electron chi connectivity index (χ1n) is 25.2. The molecule has 3 N–H and O–H groups in total. The van der Waals surface area contributed by atoms with Gasteiger partial charge in [0.25, 0.3) is 5.91 Å². The summed E-state index contributed by atoms with van der Waals surface area (Å²) >= 11 is 3.63. The van der Waals surface area contributed by atoms with Gasteiger partial charge in [-0.3, -0.25) is 34.6 Å². The Morgan fingerprint density at radius 2 is 1.59 bits per heavy atom. The zero-order valence-corrected chi connectivity index (χ0v) is 43.2. The van der Waals surface area contributed by atoms with Crippen molar-refractivity contribution >= 4 is 91.6 Å². The number of nitrogens with zero attached hydrogens (tertiary/aromatic N) is 9. The van der Waals surface area contributed by atoms with Crippen LogP contribution in [0.1, 0.15) is 78.8 Å². The van der Waals surface area contributed by atoms with Gasteiger partial charge in [-0.25, -0.2) is 4.98 Å². The quantitative estimate of drug-likeness (QED) is 0.0805. The third-order valence-corrected chi connectivity index (χ3v) is 17.6. The fourth-order valence-electron chi connectivity index (χ4n) is 11.6. The van der Waals surface area contributed by atoms with Gasteiger partial charge in [-0.1, -0.05) is 0 Å². The summed E-state index contributed by atoms with van der Waals surface area (Å²) in [7, 11) is -1.06. The predicted molar refractivity (Wildman–Crippen MR) is 281 cm³/mol. The molecule has 3 amide bonds. The molecule has 0 bridgehead atoms. The minimum Gasteiger partial charge on any atom is -0.494 e. The number of halogens is 1. The van der Waals surface area contributed by atoms with Gasteiger partial charge in [0.15, 0.2) is 0 Å². The first-order valence-corrected chi connectivity index (χ1v) is 28.6. The molecule has 5 aliphatic heterocycles. The molecule has 6 aliphatic rings. The predicted octanol–water partition coefficient (Wildman–Crippen LogP) is 7.07. The van der Waals surface area contributed by atoms with Gasteiger partial charge in [-0.05, 0) is 147 Å². The van der Waals surface area contributed by atoms with Gasteiger partial charge in [0.05, 0.1) is 33.8 Å². The highest BCUT2D eigenvalue weighted by atomic mass is 79.9. The summed E-state index contributed by atoms with van der Waals surface area (Å²) in [6.07, 6.45) is 12.7. The molecule has 4 saturated heterocycles. The SMILES string of the molecule is COc1cc(N2CCC(N3CCC(CN4CCN(c5ccc6c(c5)CN(C5CCC(=O)NC5=O)C6=O)CC4)CC3)CC2)c(C2CC2)cc1Nc1ncc(Br)c(Nc2ccc3nccnc3c2P(C)(C)=O)n1. The Kier molecular flexibility index (Phi) is 13.2. The van der Waals surface area contributed by atoms with Gasteiger partial charge < -0.3 is 39.5 Å². The number of aromatic nitrogens is 4. The van der Waals surface area contributed by atoms with Crippen LogP contribution >= 0.6 is 23.1 Å². The monoisotopic (exact) mass is 1040 g/mol. The molecule has 0 spiro atoms. The fraction of sp³-hybridized carbons (Fsp3) is 0.481. The first-order chi connectivity index (χ1) is 34.4. The van der Waals surface area contributed by atoms with Crippen LogP contribution in [-0.2, 0) is 20.7 Å². The molecule has 5 aromatic rings. The van der Waals surface area contributed by atoms with Crippen LogP contribution in [0.25, 0.3) is 11.0 Å². The third-order valence-electron chi connectivity index (χ3n) is 15.5. The lowest BCUT2D eigenvalue weighted by molar-refractivity contribution is -0.136. The first kappa shape index (κ1) is 47.6. The standard InChI is InChI=1S/C52H62BrN12O5P/c1-70-45-28-44(38(33-4-5-33)27-42(45)58-52-56-29-39(53)49(60-52)57-41-9-8-40-47(55-17-16-54-40)48(41)71(2,3)69)64-20-14-35(15-21-64)62-18-12-32(13-19-62)30-61-22-24-63(25-23-61)36-6-7-37-34(26-36)31-65(51(37)68)43-10-11-46(66)59-50(43)67/h6-9,16-17,26-29,32-33,35,43H,4-5,10-15,18-25,30-31H2,1-3H3,(H,59,66,67)(H2,56,57,58,60). The van der Waals surface area contributed by atoms with Crippen molar-refractivity contribution in [2.75, 3.05) is 99.8 Å². The van der Waals surface area contributed by atoms with Gasteiger partial charge in [0.1, 0.15) is 30.3 Å². The fourth-order valence-corrected chi connectivity index (χ4v) is 13.2. The summed E-state index contributed by atoms with van der Waals surface area (Å²) in [6.45, 7) is 13.3. The van der Waals surface area contributed by atoms with Crippen molar-refractivity contribution in [1.82, 2.24) is 40.0 Å². The van der Waals surface area contributed by atoms with Gasteiger partial charge in [0.2, 0.25) is 17.8 Å². The van der Waals surface area contributed by atoms with Crippen molar-refractivity contribution in [3.63, 3.8) is 0 Å². The number of imide groups is 1. The number of hydrogen-bond donors (Lipinski definition) is 3. The van der Waals surface area contributed by atoms with E-state index in [1.165, 1.54) is 36.9 Å². The molecule has 5 fully saturated rings. The number of benzene rings is 3. The van der Waals surface area contributed by atoms with Crippen LogP contribution in [0.4, 0.5) is 34.5 Å². The summed E-state index contributed by atoms with van der Waals surface area (Å²) < 4.78 is 20.3. The zero-order valence-electron chi connectivity index (χ0n) is 40.7. The number of piperazine rings is 1. The Balaban J connectivity index is 0.671. The highest BCUT2D eigenvalue weighted by Gasteiger charge is 2.40. The molecule has 3 aromatic carbocycles. The molecule has 71 heavy (non-hydrogen) atoms. The number of carbonyl (C=O) groups is 3. The molecule has 2 aromatic heterocycles. The van der Waals surface area contributed by atoms with E-state index in [0.717, 1.165) is 94.4 Å². The summed E-state index contributed by atoms with van der Waals surface area (Å²) in [5, 5.41) is 9.90. The van der Waals surface area contributed by atoms with E-state index in [1.54, 1.807) is 43.9 Å². The Bertz CT molecular complexity index is 2930. The van der Waals surface area contributed by atoms with Gasteiger partial charge in [0, 0.05) is 106 Å². The molecule has 11 rings (SSSR count). The van der Waals surface area contributed by atoms with Crippen LogP contribution in [0.5, 0.6) is 5.75 Å². The molecule has 1 saturated carbocycles. The minimum atomic E-state index is -2.77. The smallest absolute Gasteiger partial charge is 0.255 e. The Morgan fingerprint density at radius 1 is 0.817 bits per heavy atom. The summed E-state index contributed by atoms with van der Waals surface area (Å²) in [6, 6.07) is 14.3. The number of piperidine rings is 3. The molecule has 17 nitrogen and oxygen atoms in total. The zero-order chi connectivity index (χ0) is 49.0. The van der Waals surface area contributed by atoms with Crippen molar-refractivity contribution in [2.24, 2.45) is 5.92 Å². The van der Waals surface area contributed by atoms with E-state index in [0.29, 0.717) is 74.7 Å². The van der Waals surface area contributed by atoms with E-state index in [9.17, 15) is 18.9 Å². The number of methoxy groups -OCH3 is 1. The van der Waals surface area contributed by atoms with Crippen LogP contribution in [0.3, 0.4) is 0 Å². The van der Waals surface area contributed by atoms with E-state index < -0.39 is 13.2 Å². The molecule has 19 heteroatoms. The van der Waals surface area contributed by atoms with Crippen LogP contribution in [0.15, 0.2) is 65.5 Å². The average Bonchev–Trinajstić information content (AvgIpc) is 4.17.